The van der Waals surface area contributed by atoms with Crippen molar-refractivity contribution in [3.63, 3.8) is 0 Å². The lowest BCUT2D eigenvalue weighted by molar-refractivity contribution is -0.419. The number of ether oxygens (including phenoxy) is 1. The summed E-state index contributed by atoms with van der Waals surface area (Å²) < 4.78 is 4.88. The monoisotopic (exact) mass is 249 g/mol. The van der Waals surface area contributed by atoms with Gasteiger partial charge in [0.1, 0.15) is 5.75 Å². The van der Waals surface area contributed by atoms with Gasteiger partial charge in [-0.25, -0.2) is 0 Å². The van der Waals surface area contributed by atoms with Gasteiger partial charge in [-0.1, -0.05) is 0 Å². The third kappa shape index (κ3) is 1.53. The molecular formula is C11H7NO6. The largest absolute Gasteiger partial charge is 0.499 e. The van der Waals surface area contributed by atoms with E-state index in [-0.39, 0.29) is 11.1 Å². The van der Waals surface area contributed by atoms with Crippen LogP contribution in [0.25, 0.3) is 0 Å². The fourth-order valence-electron chi connectivity index (χ4n) is 1.68. The van der Waals surface area contributed by atoms with Crippen molar-refractivity contribution in [1.82, 2.24) is 0 Å². The van der Waals surface area contributed by atoms with Crippen LogP contribution in [0, 0.1) is 10.1 Å². The number of nitro groups is 1. The Morgan fingerprint density at radius 1 is 1.22 bits per heavy atom. The van der Waals surface area contributed by atoms with Crippen LogP contribution in [0.15, 0.2) is 29.7 Å². The van der Waals surface area contributed by atoms with Crippen LogP contribution in [0.5, 0.6) is 5.75 Å². The quantitative estimate of drug-likeness (QED) is 0.621. The van der Waals surface area contributed by atoms with Gasteiger partial charge in [0, 0.05) is 11.1 Å². The maximum Gasteiger partial charge on any atom is 0.362 e. The van der Waals surface area contributed by atoms with E-state index in [1.165, 1.54) is 25.3 Å². The number of Topliss-reactive ketones (excluding diaryl/α,β-unsaturated/α-hetero) is 2. The van der Waals surface area contributed by atoms with Crippen molar-refractivity contribution in [2.75, 3.05) is 7.11 Å². The first kappa shape index (κ1) is 11.8. The fraction of sp³-hybridized carbons (Fsp3) is 0.0909. The van der Waals surface area contributed by atoms with Crippen molar-refractivity contribution in [3.05, 3.63) is 50.9 Å². The number of aliphatic hydroxyl groups excluding tert-OH is 1. The lowest BCUT2D eigenvalue weighted by Gasteiger charge is -2.13. The number of methoxy groups -OCH3 is 1. The average molecular weight is 249 g/mol. The molecule has 0 amide bonds. The normalized spacial score (nSPS) is 14.5. The number of benzene rings is 1. The highest BCUT2D eigenvalue weighted by atomic mass is 16.6. The molecule has 7 nitrogen and oxygen atoms in total. The smallest absolute Gasteiger partial charge is 0.362 e. The van der Waals surface area contributed by atoms with Crippen LogP contribution in [-0.2, 0) is 0 Å². The van der Waals surface area contributed by atoms with Crippen LogP contribution in [0.3, 0.4) is 0 Å². The first-order chi connectivity index (χ1) is 8.47. The zero-order valence-electron chi connectivity index (χ0n) is 9.17. The van der Waals surface area contributed by atoms with Gasteiger partial charge >= 0.3 is 5.70 Å². The Bertz CT molecular complexity index is 616. The van der Waals surface area contributed by atoms with Crippen LogP contribution in [-0.4, -0.2) is 28.7 Å². The third-order valence-electron chi connectivity index (χ3n) is 2.55. The number of hydrogen-bond donors (Lipinski definition) is 1. The van der Waals surface area contributed by atoms with E-state index >= 15 is 0 Å². The second kappa shape index (κ2) is 3.95. The molecule has 0 aliphatic heterocycles. The number of ketones is 2. The highest BCUT2D eigenvalue weighted by Gasteiger charge is 2.40. The van der Waals surface area contributed by atoms with E-state index in [2.05, 4.69) is 0 Å². The van der Waals surface area contributed by atoms with Gasteiger partial charge in [-0.05, 0) is 18.2 Å². The molecule has 0 bridgehead atoms. The van der Waals surface area contributed by atoms with Crippen LogP contribution in [0.1, 0.15) is 20.7 Å². The number of carbonyl (C=O) groups is 2. The van der Waals surface area contributed by atoms with Crippen molar-refractivity contribution in [2.24, 2.45) is 0 Å². The van der Waals surface area contributed by atoms with E-state index in [0.29, 0.717) is 5.75 Å². The van der Waals surface area contributed by atoms with Gasteiger partial charge in [0.25, 0.3) is 5.78 Å². The second-order valence-corrected chi connectivity index (χ2v) is 3.52. The van der Waals surface area contributed by atoms with Gasteiger partial charge in [0.05, 0.1) is 12.0 Å². The Labute approximate surface area is 100 Å². The molecule has 1 aliphatic carbocycles. The molecule has 0 spiro atoms. The van der Waals surface area contributed by atoms with Crippen LogP contribution < -0.4 is 4.74 Å². The molecule has 7 heteroatoms. The van der Waals surface area contributed by atoms with Crippen molar-refractivity contribution >= 4 is 11.6 Å². The van der Waals surface area contributed by atoms with E-state index in [9.17, 15) is 24.8 Å². The van der Waals surface area contributed by atoms with E-state index < -0.39 is 27.9 Å². The average Bonchev–Trinajstić information content (AvgIpc) is 2.35. The molecule has 1 aliphatic rings. The minimum atomic E-state index is -1.15. The summed E-state index contributed by atoms with van der Waals surface area (Å²) in [7, 11) is 1.37. The summed E-state index contributed by atoms with van der Waals surface area (Å²) in [5, 5.41) is 20.1. The molecule has 1 aromatic carbocycles. The molecule has 0 unspecified atom stereocenters. The van der Waals surface area contributed by atoms with Crippen molar-refractivity contribution in [3.8, 4) is 5.75 Å². The lowest BCUT2D eigenvalue weighted by Crippen LogP contribution is -2.26. The molecule has 0 fully saturated rings. The molecule has 0 radical (unpaired) electrons. The van der Waals surface area contributed by atoms with E-state index in [4.69, 9.17) is 4.74 Å². The van der Waals surface area contributed by atoms with E-state index in [1.807, 2.05) is 0 Å². The number of carbonyl (C=O) groups excluding carboxylic acids is 2. The van der Waals surface area contributed by atoms with E-state index in [1.54, 1.807) is 0 Å². The second-order valence-electron chi connectivity index (χ2n) is 3.52. The minimum absolute atomic E-state index is 0.109. The van der Waals surface area contributed by atoms with Gasteiger partial charge in [0.15, 0.2) is 0 Å². The van der Waals surface area contributed by atoms with Crippen LogP contribution >= 0.6 is 0 Å². The van der Waals surface area contributed by atoms with Crippen molar-refractivity contribution in [1.29, 1.82) is 0 Å². The summed E-state index contributed by atoms with van der Waals surface area (Å²) >= 11 is 0. The third-order valence-corrected chi connectivity index (χ3v) is 2.55. The molecule has 0 aromatic heterocycles. The Hall–Kier alpha value is -2.70. The number of fused-ring (bicyclic) bond motifs is 1. The highest BCUT2D eigenvalue weighted by molar-refractivity contribution is 6.25. The first-order valence-corrected chi connectivity index (χ1v) is 4.82. The molecule has 1 N–H and O–H groups in total. The van der Waals surface area contributed by atoms with Gasteiger partial charge < -0.3 is 9.84 Å². The first-order valence-electron chi connectivity index (χ1n) is 4.82. The fourth-order valence-corrected chi connectivity index (χ4v) is 1.68. The minimum Gasteiger partial charge on any atom is -0.499 e. The molecule has 92 valence electrons. The molecule has 0 saturated carbocycles. The Balaban J connectivity index is 2.68. The van der Waals surface area contributed by atoms with E-state index in [0.717, 1.165) is 0 Å². The highest BCUT2D eigenvalue weighted by Crippen LogP contribution is 2.28. The summed E-state index contributed by atoms with van der Waals surface area (Å²) in [6.45, 7) is 0. The molecule has 0 heterocycles. The van der Waals surface area contributed by atoms with Gasteiger partial charge in [0.2, 0.25) is 11.5 Å². The zero-order chi connectivity index (χ0) is 13.4. The van der Waals surface area contributed by atoms with Crippen LogP contribution in [0.4, 0.5) is 0 Å². The Morgan fingerprint density at radius 2 is 1.89 bits per heavy atom. The summed E-state index contributed by atoms with van der Waals surface area (Å²) in [5.74, 6) is -2.79. The van der Waals surface area contributed by atoms with Gasteiger partial charge in [-0.3, -0.25) is 19.7 Å². The topological polar surface area (TPSA) is 107 Å². The Kier molecular flexibility index (Phi) is 2.59. The molecular weight excluding hydrogens is 242 g/mol. The predicted octanol–water partition coefficient (Wildman–Crippen LogP) is 1.12. The number of hydrogen-bond acceptors (Lipinski definition) is 6. The molecule has 18 heavy (non-hydrogen) atoms. The lowest BCUT2D eigenvalue weighted by atomic mass is 9.91. The molecule has 2 rings (SSSR count). The maximum atomic E-state index is 11.8. The summed E-state index contributed by atoms with van der Waals surface area (Å²) in [6.07, 6.45) is 0. The van der Waals surface area contributed by atoms with Crippen molar-refractivity contribution in [2.45, 2.75) is 0 Å². The van der Waals surface area contributed by atoms with Gasteiger partial charge in [-0.2, -0.15) is 0 Å². The summed E-state index contributed by atoms with van der Waals surface area (Å²) in [4.78, 5) is 33.1. The summed E-state index contributed by atoms with van der Waals surface area (Å²) in [6, 6.07) is 3.91. The molecule has 0 saturated heterocycles. The summed E-state index contributed by atoms with van der Waals surface area (Å²) in [5.41, 5.74) is -1.33. The zero-order valence-corrected chi connectivity index (χ0v) is 9.17. The number of allylic oxidation sites excluding steroid dienone is 2. The predicted molar refractivity (Wildman–Crippen MR) is 58.3 cm³/mol. The van der Waals surface area contributed by atoms with Crippen molar-refractivity contribution < 1.29 is 24.4 Å². The molecule has 1 aromatic rings. The number of aliphatic hydroxyl groups is 1. The maximum absolute atomic E-state index is 11.8. The number of rotatable bonds is 2. The number of nitrogens with zero attached hydrogens (tertiary/aromatic N) is 1. The molecule has 0 atom stereocenters. The SMILES string of the molecule is COc1ccc2c(c1)C(=O)C(O)=C([N+](=O)[O-])C2=O. The van der Waals surface area contributed by atoms with Crippen LogP contribution in [0.2, 0.25) is 0 Å². The van der Waals surface area contributed by atoms with Gasteiger partial charge in [-0.15, -0.1) is 0 Å². The Morgan fingerprint density at radius 3 is 2.44 bits per heavy atom. The standard InChI is InChI=1S/C11H7NO6/c1-18-5-2-3-6-7(4-5)10(14)11(15)8(9(6)13)12(16)17/h2-4,15H,1H3.